The zero-order valence-electron chi connectivity index (χ0n) is 9.43. The van der Waals surface area contributed by atoms with Crippen molar-refractivity contribution in [2.75, 3.05) is 14.2 Å². The Kier molecular flexibility index (Phi) is 3.26. The molecule has 0 N–H and O–H groups in total. The maximum atomic E-state index is 8.96. The van der Waals surface area contributed by atoms with Gasteiger partial charge in [-0.15, -0.1) is 11.3 Å². The lowest BCUT2D eigenvalue weighted by atomic mass is 10.1. The summed E-state index contributed by atoms with van der Waals surface area (Å²) in [6.07, 6.45) is 0. The molecule has 0 aliphatic heterocycles. The second kappa shape index (κ2) is 4.85. The highest BCUT2D eigenvalue weighted by atomic mass is 32.1. The molecule has 17 heavy (non-hydrogen) atoms. The van der Waals surface area contributed by atoms with Gasteiger partial charge in [0.2, 0.25) is 0 Å². The molecule has 2 aromatic rings. The number of hydrogen-bond acceptors (Lipinski definition) is 5. The van der Waals surface area contributed by atoms with Crippen LogP contribution >= 0.6 is 11.3 Å². The van der Waals surface area contributed by atoms with Crippen molar-refractivity contribution in [1.82, 2.24) is 4.98 Å². The molecule has 5 heteroatoms. The zero-order valence-corrected chi connectivity index (χ0v) is 10.2. The molecular formula is C12H10N2O2S. The van der Waals surface area contributed by atoms with Crippen LogP contribution in [0.4, 0.5) is 0 Å². The van der Waals surface area contributed by atoms with Crippen molar-refractivity contribution in [1.29, 1.82) is 5.26 Å². The topological polar surface area (TPSA) is 55.1 Å². The van der Waals surface area contributed by atoms with E-state index in [4.69, 9.17) is 14.7 Å². The van der Waals surface area contributed by atoms with E-state index < -0.39 is 0 Å². The second-order valence-electron chi connectivity index (χ2n) is 3.21. The smallest absolute Gasteiger partial charge is 0.161 e. The van der Waals surface area contributed by atoms with E-state index in [1.165, 1.54) is 11.3 Å². The van der Waals surface area contributed by atoms with Crippen LogP contribution in [0.25, 0.3) is 11.3 Å². The van der Waals surface area contributed by atoms with E-state index >= 15 is 0 Å². The summed E-state index contributed by atoms with van der Waals surface area (Å²) in [6, 6.07) is 7.60. The van der Waals surface area contributed by atoms with Crippen LogP contribution in [0, 0.1) is 11.3 Å². The number of thiazole rings is 1. The Hall–Kier alpha value is -2.06. The molecule has 0 fully saturated rings. The van der Waals surface area contributed by atoms with Crippen LogP contribution < -0.4 is 9.47 Å². The van der Waals surface area contributed by atoms with Gasteiger partial charge in [0, 0.05) is 5.56 Å². The quantitative estimate of drug-likeness (QED) is 0.835. The minimum atomic E-state index is 0.595. The number of hydrogen-bond donors (Lipinski definition) is 0. The first-order valence-corrected chi connectivity index (χ1v) is 5.74. The van der Waals surface area contributed by atoms with E-state index in [0.29, 0.717) is 22.1 Å². The van der Waals surface area contributed by atoms with Gasteiger partial charge < -0.3 is 9.47 Å². The molecule has 0 amide bonds. The molecule has 1 aromatic heterocycles. The summed E-state index contributed by atoms with van der Waals surface area (Å²) in [5.41, 5.74) is 3.18. The molecule has 0 unspecified atom stereocenters. The van der Waals surface area contributed by atoms with Gasteiger partial charge in [-0.05, 0) is 18.2 Å². The van der Waals surface area contributed by atoms with E-state index in [9.17, 15) is 0 Å². The third-order valence-electron chi connectivity index (χ3n) is 2.33. The summed E-state index contributed by atoms with van der Waals surface area (Å²) in [4.78, 5) is 4.78. The number of methoxy groups -OCH3 is 2. The highest BCUT2D eigenvalue weighted by molar-refractivity contribution is 7.10. The molecule has 0 bridgehead atoms. The monoisotopic (exact) mass is 246 g/mol. The fourth-order valence-corrected chi connectivity index (χ4v) is 2.11. The number of ether oxygens (including phenoxy) is 2. The maximum absolute atomic E-state index is 8.96. The average molecular weight is 246 g/mol. The number of rotatable bonds is 3. The van der Waals surface area contributed by atoms with Crippen molar-refractivity contribution in [3.05, 3.63) is 28.6 Å². The van der Waals surface area contributed by atoms with Crippen LogP contribution in [0.2, 0.25) is 0 Å². The van der Waals surface area contributed by atoms with Crippen LogP contribution in [0.5, 0.6) is 11.5 Å². The molecular weight excluding hydrogens is 236 g/mol. The molecule has 0 aliphatic carbocycles. The first-order valence-electron chi connectivity index (χ1n) is 4.86. The molecule has 1 aromatic carbocycles. The van der Waals surface area contributed by atoms with Crippen molar-refractivity contribution in [3.63, 3.8) is 0 Å². The minimum Gasteiger partial charge on any atom is -0.493 e. The standard InChI is InChI=1S/C12H10N2O2S/c1-15-9-4-3-8(5-10(9)16-2)12-11(6-13)17-7-14-12/h3-5,7H,1-2H3. The van der Waals surface area contributed by atoms with Crippen molar-refractivity contribution >= 4 is 11.3 Å². The Labute approximate surface area is 103 Å². The summed E-state index contributed by atoms with van der Waals surface area (Å²) in [5.74, 6) is 1.28. The normalized spacial score (nSPS) is 9.71. The van der Waals surface area contributed by atoms with E-state index in [2.05, 4.69) is 11.1 Å². The molecule has 0 atom stereocenters. The third kappa shape index (κ3) is 2.08. The Balaban J connectivity index is 2.51. The Morgan fingerprint density at radius 2 is 2.00 bits per heavy atom. The summed E-state index contributed by atoms with van der Waals surface area (Å²) >= 11 is 1.32. The van der Waals surface area contributed by atoms with Gasteiger partial charge in [-0.25, -0.2) is 4.98 Å². The van der Waals surface area contributed by atoms with Crippen molar-refractivity contribution in [3.8, 4) is 28.8 Å². The van der Waals surface area contributed by atoms with E-state index in [1.54, 1.807) is 25.8 Å². The van der Waals surface area contributed by atoms with E-state index in [-0.39, 0.29) is 0 Å². The first-order chi connectivity index (χ1) is 8.30. The van der Waals surface area contributed by atoms with Gasteiger partial charge in [0.05, 0.1) is 25.4 Å². The van der Waals surface area contributed by atoms with Crippen LogP contribution in [-0.4, -0.2) is 19.2 Å². The van der Waals surface area contributed by atoms with Crippen molar-refractivity contribution in [2.45, 2.75) is 0 Å². The summed E-state index contributed by atoms with van der Waals surface area (Å²) in [5, 5.41) is 8.96. The molecule has 2 rings (SSSR count). The minimum absolute atomic E-state index is 0.595. The van der Waals surface area contributed by atoms with Crippen molar-refractivity contribution < 1.29 is 9.47 Å². The molecule has 86 valence electrons. The highest BCUT2D eigenvalue weighted by Gasteiger charge is 2.11. The molecule has 0 radical (unpaired) electrons. The highest BCUT2D eigenvalue weighted by Crippen LogP contribution is 2.33. The molecule has 0 aliphatic rings. The van der Waals surface area contributed by atoms with Gasteiger partial charge in [0.15, 0.2) is 11.5 Å². The number of aromatic nitrogens is 1. The summed E-state index contributed by atoms with van der Waals surface area (Å²) in [7, 11) is 3.16. The molecule has 0 saturated carbocycles. The summed E-state index contributed by atoms with van der Waals surface area (Å²) in [6.45, 7) is 0. The van der Waals surface area contributed by atoms with E-state index in [1.807, 2.05) is 12.1 Å². The first kappa shape index (κ1) is 11.4. The van der Waals surface area contributed by atoms with Gasteiger partial charge in [0.25, 0.3) is 0 Å². The predicted molar refractivity (Wildman–Crippen MR) is 65.4 cm³/mol. The molecule has 0 spiro atoms. The van der Waals surface area contributed by atoms with Gasteiger partial charge in [-0.3, -0.25) is 0 Å². The largest absolute Gasteiger partial charge is 0.493 e. The Morgan fingerprint density at radius 3 is 2.65 bits per heavy atom. The molecule has 4 nitrogen and oxygen atoms in total. The number of nitriles is 1. The zero-order chi connectivity index (χ0) is 12.3. The van der Waals surface area contributed by atoms with Gasteiger partial charge in [-0.1, -0.05) is 0 Å². The second-order valence-corrected chi connectivity index (χ2v) is 4.07. The lowest BCUT2D eigenvalue weighted by Crippen LogP contribution is -1.91. The van der Waals surface area contributed by atoms with Crippen LogP contribution in [0.1, 0.15) is 4.88 Å². The lowest BCUT2D eigenvalue weighted by Gasteiger charge is -2.08. The average Bonchev–Trinajstić information content (AvgIpc) is 2.86. The fraction of sp³-hybridized carbons (Fsp3) is 0.167. The third-order valence-corrected chi connectivity index (χ3v) is 3.06. The number of benzene rings is 1. The summed E-state index contributed by atoms with van der Waals surface area (Å²) < 4.78 is 10.4. The van der Waals surface area contributed by atoms with Gasteiger partial charge in [0.1, 0.15) is 10.9 Å². The van der Waals surface area contributed by atoms with E-state index in [0.717, 1.165) is 5.56 Å². The van der Waals surface area contributed by atoms with Gasteiger partial charge >= 0.3 is 0 Å². The molecule has 0 saturated heterocycles. The number of nitrogens with zero attached hydrogens (tertiary/aromatic N) is 2. The molecule has 1 heterocycles. The van der Waals surface area contributed by atoms with Crippen LogP contribution in [0.3, 0.4) is 0 Å². The fourth-order valence-electron chi connectivity index (χ4n) is 1.51. The predicted octanol–water partition coefficient (Wildman–Crippen LogP) is 2.70. The SMILES string of the molecule is COc1ccc(-c2ncsc2C#N)cc1OC. The van der Waals surface area contributed by atoms with Crippen LogP contribution in [-0.2, 0) is 0 Å². The maximum Gasteiger partial charge on any atom is 0.161 e. The Bertz CT molecular complexity index is 572. The Morgan fingerprint density at radius 1 is 1.24 bits per heavy atom. The van der Waals surface area contributed by atoms with Crippen molar-refractivity contribution in [2.24, 2.45) is 0 Å². The lowest BCUT2D eigenvalue weighted by molar-refractivity contribution is 0.355. The van der Waals surface area contributed by atoms with Gasteiger partial charge in [-0.2, -0.15) is 5.26 Å². The van der Waals surface area contributed by atoms with Crippen LogP contribution in [0.15, 0.2) is 23.7 Å².